The van der Waals surface area contributed by atoms with E-state index in [9.17, 15) is 5.11 Å². The average molecular weight is 513 g/mol. The van der Waals surface area contributed by atoms with Gasteiger partial charge in [0.1, 0.15) is 11.6 Å². The lowest BCUT2D eigenvalue weighted by atomic mass is 9.86. The number of piperidine rings is 1. The summed E-state index contributed by atoms with van der Waals surface area (Å²) in [4.78, 5) is 14.0. The number of hydrazone groups is 1. The third kappa shape index (κ3) is 4.82. The normalized spacial score (nSPS) is 23.6. The van der Waals surface area contributed by atoms with Gasteiger partial charge in [-0.2, -0.15) is 5.10 Å². The maximum absolute atomic E-state index is 9.52. The minimum Gasteiger partial charge on any atom is -0.394 e. The van der Waals surface area contributed by atoms with Crippen molar-refractivity contribution in [1.29, 1.82) is 0 Å². The van der Waals surface area contributed by atoms with Gasteiger partial charge in [0, 0.05) is 29.7 Å². The minimum absolute atomic E-state index is 0.000456. The zero-order chi connectivity index (χ0) is 24.6. The molecule has 0 amide bonds. The highest BCUT2D eigenvalue weighted by Gasteiger charge is 2.31. The van der Waals surface area contributed by atoms with Gasteiger partial charge in [0.05, 0.1) is 51.3 Å². The van der Waals surface area contributed by atoms with E-state index in [4.69, 9.17) is 21.1 Å². The summed E-state index contributed by atoms with van der Waals surface area (Å²) in [5.41, 5.74) is 3.52. The molecule has 0 aliphatic carbocycles. The molecule has 1 atom stereocenters. The number of rotatable bonds is 5. The lowest BCUT2D eigenvalue weighted by Crippen LogP contribution is -2.51. The number of halogens is 1. The lowest BCUT2D eigenvalue weighted by Gasteiger charge is -2.41. The van der Waals surface area contributed by atoms with E-state index in [1.54, 1.807) is 0 Å². The predicted molar refractivity (Wildman–Crippen MR) is 139 cm³/mol. The fourth-order valence-electron chi connectivity index (χ4n) is 5.58. The van der Waals surface area contributed by atoms with E-state index in [2.05, 4.69) is 37.0 Å². The number of benzene rings is 1. The molecule has 5 heterocycles. The Morgan fingerprint density at radius 1 is 1.08 bits per heavy atom. The number of nitrogens with zero attached hydrogens (tertiary/aromatic N) is 6. The third-order valence-corrected chi connectivity index (χ3v) is 8.09. The maximum Gasteiger partial charge on any atom is 0.154 e. The molecule has 0 radical (unpaired) electrons. The fourth-order valence-corrected chi connectivity index (χ4v) is 5.90. The largest absolute Gasteiger partial charge is 0.394 e. The van der Waals surface area contributed by atoms with E-state index >= 15 is 0 Å². The lowest BCUT2D eigenvalue weighted by molar-refractivity contribution is -0.0712. The second-order valence-corrected chi connectivity index (χ2v) is 10.5. The van der Waals surface area contributed by atoms with Gasteiger partial charge in [-0.05, 0) is 56.0 Å². The zero-order valence-electron chi connectivity index (χ0n) is 20.6. The quantitative estimate of drug-likeness (QED) is 0.654. The molecule has 1 unspecified atom stereocenters. The SMILES string of the molecule is Cc1nc(N2CCOC(CO)C2)cc(N2Cc3cc(C4CCN(C5COC5)CC4)c(Cl)cc3C=N2)n1. The van der Waals surface area contributed by atoms with E-state index in [1.807, 2.05) is 24.2 Å². The van der Waals surface area contributed by atoms with Crippen LogP contribution in [0, 0.1) is 6.92 Å². The molecule has 4 aliphatic heterocycles. The number of aliphatic hydroxyl groups excluding tert-OH is 1. The minimum atomic E-state index is -0.200. The van der Waals surface area contributed by atoms with Gasteiger partial charge in [-0.1, -0.05) is 17.7 Å². The zero-order valence-corrected chi connectivity index (χ0v) is 21.4. The van der Waals surface area contributed by atoms with Crippen LogP contribution in [0.4, 0.5) is 11.6 Å². The van der Waals surface area contributed by atoms with Crippen LogP contribution >= 0.6 is 11.6 Å². The molecule has 4 aliphatic rings. The number of ether oxygens (including phenoxy) is 2. The van der Waals surface area contributed by atoms with Crippen molar-refractivity contribution in [3.8, 4) is 0 Å². The number of anilines is 2. The Bertz CT molecular complexity index is 1130. The molecule has 3 saturated heterocycles. The van der Waals surface area contributed by atoms with Gasteiger partial charge in [-0.15, -0.1) is 0 Å². The van der Waals surface area contributed by atoms with Crippen LogP contribution in [0.15, 0.2) is 23.3 Å². The Morgan fingerprint density at radius 2 is 1.89 bits per heavy atom. The molecule has 192 valence electrons. The molecule has 3 fully saturated rings. The summed E-state index contributed by atoms with van der Waals surface area (Å²) in [6.07, 6.45) is 3.92. The molecular weight excluding hydrogens is 480 g/mol. The monoisotopic (exact) mass is 512 g/mol. The number of hydrogen-bond donors (Lipinski definition) is 1. The van der Waals surface area contributed by atoms with E-state index in [1.165, 1.54) is 11.1 Å². The predicted octanol–water partition coefficient (Wildman–Crippen LogP) is 2.57. The van der Waals surface area contributed by atoms with Crippen LogP contribution in [0.2, 0.25) is 5.02 Å². The first-order valence-electron chi connectivity index (χ1n) is 12.9. The molecule has 36 heavy (non-hydrogen) atoms. The number of aryl methyl sites for hydroxylation is 1. The van der Waals surface area contributed by atoms with E-state index < -0.39 is 0 Å². The van der Waals surface area contributed by atoms with Crippen molar-refractivity contribution in [2.45, 2.75) is 44.4 Å². The third-order valence-electron chi connectivity index (χ3n) is 7.76. The van der Waals surface area contributed by atoms with E-state index in [-0.39, 0.29) is 12.7 Å². The van der Waals surface area contributed by atoms with Crippen molar-refractivity contribution in [2.75, 3.05) is 62.5 Å². The second kappa shape index (κ2) is 10.2. The van der Waals surface area contributed by atoms with Crippen LogP contribution in [0.25, 0.3) is 0 Å². The van der Waals surface area contributed by atoms with Gasteiger partial charge >= 0.3 is 0 Å². The van der Waals surface area contributed by atoms with Gasteiger partial charge in [-0.25, -0.2) is 15.0 Å². The van der Waals surface area contributed by atoms with Crippen molar-refractivity contribution in [3.63, 3.8) is 0 Å². The highest BCUT2D eigenvalue weighted by Crippen LogP contribution is 2.37. The van der Waals surface area contributed by atoms with E-state index in [0.29, 0.717) is 37.5 Å². The molecular formula is C26H33ClN6O3. The van der Waals surface area contributed by atoms with Crippen LogP contribution in [0.5, 0.6) is 0 Å². The number of aliphatic hydroxyl groups is 1. The number of morpholine rings is 1. The van der Waals surface area contributed by atoms with Crippen molar-refractivity contribution < 1.29 is 14.6 Å². The van der Waals surface area contributed by atoms with E-state index in [0.717, 1.165) is 67.9 Å². The smallest absolute Gasteiger partial charge is 0.154 e. The van der Waals surface area contributed by atoms with Crippen LogP contribution in [-0.4, -0.2) is 90.9 Å². The van der Waals surface area contributed by atoms with Crippen molar-refractivity contribution >= 4 is 29.5 Å². The Hall–Kier alpha value is -2.30. The maximum atomic E-state index is 9.52. The standard InChI is InChI=1S/C26H33ClN6O3/c1-17-29-25(32-6-7-36-22(13-32)14-34)10-26(30-17)33-12-20-8-23(24(27)9-19(20)11-28-33)18-2-4-31(5-3-18)21-15-35-16-21/h8-11,18,21-22,34H,2-7,12-16H2,1H3. The van der Waals surface area contributed by atoms with Gasteiger partial charge in [-0.3, -0.25) is 4.90 Å². The first-order chi connectivity index (χ1) is 17.6. The number of aromatic nitrogens is 2. The summed E-state index contributed by atoms with van der Waals surface area (Å²) in [5.74, 6) is 2.76. The molecule has 9 nitrogen and oxygen atoms in total. The fraction of sp³-hybridized carbons (Fsp3) is 0.577. The molecule has 1 N–H and O–H groups in total. The average Bonchev–Trinajstić information content (AvgIpc) is 2.87. The van der Waals surface area contributed by atoms with Gasteiger partial charge < -0.3 is 19.5 Å². The number of hydrogen-bond acceptors (Lipinski definition) is 9. The first kappa shape index (κ1) is 24.1. The molecule has 0 saturated carbocycles. The van der Waals surface area contributed by atoms with Crippen LogP contribution in [-0.2, 0) is 16.0 Å². The highest BCUT2D eigenvalue weighted by molar-refractivity contribution is 6.31. The van der Waals surface area contributed by atoms with Crippen molar-refractivity contribution in [1.82, 2.24) is 14.9 Å². The Kier molecular flexibility index (Phi) is 6.83. The van der Waals surface area contributed by atoms with Crippen LogP contribution in [0.1, 0.15) is 41.3 Å². The molecule has 6 rings (SSSR count). The summed E-state index contributed by atoms with van der Waals surface area (Å²) < 4.78 is 11.0. The molecule has 0 bridgehead atoms. The number of fused-ring (bicyclic) bond motifs is 1. The summed E-state index contributed by atoms with van der Waals surface area (Å²) in [7, 11) is 0. The second-order valence-electron chi connectivity index (χ2n) is 10.1. The molecule has 0 spiro atoms. The Balaban J connectivity index is 1.20. The summed E-state index contributed by atoms with van der Waals surface area (Å²) in [5, 5.41) is 17.0. The molecule has 1 aromatic heterocycles. The van der Waals surface area contributed by atoms with Gasteiger partial charge in [0.15, 0.2) is 5.82 Å². The van der Waals surface area contributed by atoms with Crippen molar-refractivity contribution in [2.24, 2.45) is 5.10 Å². The van der Waals surface area contributed by atoms with Crippen LogP contribution in [0.3, 0.4) is 0 Å². The first-order valence-corrected chi connectivity index (χ1v) is 13.2. The summed E-state index contributed by atoms with van der Waals surface area (Å²) in [6.45, 7) is 8.37. The van der Waals surface area contributed by atoms with Crippen molar-refractivity contribution in [3.05, 3.63) is 45.7 Å². The van der Waals surface area contributed by atoms with Crippen LogP contribution < -0.4 is 9.91 Å². The summed E-state index contributed by atoms with van der Waals surface area (Å²) >= 11 is 6.77. The Labute approximate surface area is 216 Å². The molecule has 10 heteroatoms. The van der Waals surface area contributed by atoms with Gasteiger partial charge in [0.25, 0.3) is 0 Å². The summed E-state index contributed by atoms with van der Waals surface area (Å²) in [6, 6.07) is 6.93. The Morgan fingerprint density at radius 3 is 2.64 bits per heavy atom. The molecule has 1 aromatic carbocycles. The highest BCUT2D eigenvalue weighted by atomic mass is 35.5. The topological polar surface area (TPSA) is 86.6 Å². The molecule has 2 aromatic rings. The van der Waals surface area contributed by atoms with Gasteiger partial charge in [0.2, 0.25) is 0 Å². The number of likely N-dealkylation sites (tertiary alicyclic amines) is 1.